The Morgan fingerprint density at radius 3 is 2.74 bits per heavy atom. The lowest BCUT2D eigenvalue weighted by molar-refractivity contribution is 0.0960. The van der Waals surface area contributed by atoms with Crippen LogP contribution < -0.4 is 10.1 Å². The number of rotatable bonds is 10. The first-order valence-corrected chi connectivity index (χ1v) is 6.55. The molecule has 1 heterocycles. The van der Waals surface area contributed by atoms with Crippen molar-refractivity contribution in [2.45, 2.75) is 26.4 Å². The van der Waals surface area contributed by atoms with Gasteiger partial charge >= 0.3 is 0 Å². The van der Waals surface area contributed by atoms with Crippen molar-refractivity contribution in [3.05, 3.63) is 11.9 Å². The molecule has 0 saturated carbocycles. The van der Waals surface area contributed by atoms with Crippen LogP contribution in [-0.4, -0.2) is 43.9 Å². The summed E-state index contributed by atoms with van der Waals surface area (Å²) in [5.41, 5.74) is 0. The Morgan fingerprint density at radius 2 is 2.05 bits per heavy atom. The number of methoxy groups -OCH3 is 1. The van der Waals surface area contributed by atoms with Gasteiger partial charge in [-0.2, -0.15) is 4.98 Å². The zero-order valence-electron chi connectivity index (χ0n) is 11.9. The van der Waals surface area contributed by atoms with E-state index < -0.39 is 0 Å². The summed E-state index contributed by atoms with van der Waals surface area (Å²) in [4.78, 5) is 8.50. The van der Waals surface area contributed by atoms with E-state index in [0.29, 0.717) is 37.3 Å². The number of anilines is 1. The van der Waals surface area contributed by atoms with Crippen molar-refractivity contribution in [3.63, 3.8) is 0 Å². The Labute approximate surface area is 114 Å². The first-order chi connectivity index (χ1) is 9.30. The summed E-state index contributed by atoms with van der Waals surface area (Å²) in [6, 6.07) is 1.76. The number of aromatic nitrogens is 2. The summed E-state index contributed by atoms with van der Waals surface area (Å²) >= 11 is 0. The average Bonchev–Trinajstić information content (AvgIpc) is 2.43. The fourth-order valence-electron chi connectivity index (χ4n) is 1.42. The second kappa shape index (κ2) is 9.52. The van der Waals surface area contributed by atoms with Gasteiger partial charge in [0.05, 0.1) is 6.61 Å². The molecule has 6 heteroatoms. The van der Waals surface area contributed by atoms with E-state index in [-0.39, 0.29) is 0 Å². The monoisotopic (exact) mass is 269 g/mol. The molecule has 0 atom stereocenters. The molecule has 0 amide bonds. The van der Waals surface area contributed by atoms with E-state index in [2.05, 4.69) is 22.2 Å². The third-order valence-corrected chi connectivity index (χ3v) is 2.40. The highest BCUT2D eigenvalue weighted by molar-refractivity contribution is 5.37. The number of nitrogens with one attached hydrogen (secondary N) is 1. The van der Waals surface area contributed by atoms with Crippen molar-refractivity contribution in [1.82, 2.24) is 9.97 Å². The Morgan fingerprint density at radius 1 is 1.21 bits per heavy atom. The van der Waals surface area contributed by atoms with Gasteiger partial charge in [0.2, 0.25) is 5.88 Å². The predicted molar refractivity (Wildman–Crippen MR) is 73.5 cm³/mol. The number of nitrogens with zero attached hydrogens (tertiary/aromatic N) is 2. The highest BCUT2D eigenvalue weighted by Crippen LogP contribution is 2.13. The molecule has 0 bridgehead atoms. The molecule has 0 saturated heterocycles. The van der Waals surface area contributed by atoms with Crippen molar-refractivity contribution in [1.29, 1.82) is 0 Å². The quantitative estimate of drug-likeness (QED) is 0.654. The molecule has 0 aliphatic heterocycles. The Hall–Kier alpha value is -1.40. The lowest BCUT2D eigenvalue weighted by atomic mass is 10.4. The van der Waals surface area contributed by atoms with Crippen LogP contribution in [0.5, 0.6) is 5.88 Å². The molecule has 1 rings (SSSR count). The van der Waals surface area contributed by atoms with E-state index in [1.54, 1.807) is 20.2 Å². The van der Waals surface area contributed by atoms with Crippen LogP contribution in [0.3, 0.4) is 0 Å². The Balaban J connectivity index is 2.41. The highest BCUT2D eigenvalue weighted by Gasteiger charge is 2.04. The van der Waals surface area contributed by atoms with Gasteiger partial charge in [-0.3, -0.25) is 0 Å². The van der Waals surface area contributed by atoms with Gasteiger partial charge in [-0.1, -0.05) is 13.3 Å². The first kappa shape index (κ1) is 15.7. The third kappa shape index (κ3) is 6.35. The Bertz CT molecular complexity index is 361. The van der Waals surface area contributed by atoms with Crippen LogP contribution in [-0.2, 0) is 16.1 Å². The molecule has 6 nitrogen and oxygen atoms in total. The van der Waals surface area contributed by atoms with Crippen LogP contribution in [0, 0.1) is 0 Å². The molecule has 0 fully saturated rings. The molecule has 0 aliphatic carbocycles. The lowest BCUT2D eigenvalue weighted by Crippen LogP contribution is -2.10. The summed E-state index contributed by atoms with van der Waals surface area (Å²) in [5.74, 6) is 1.84. The van der Waals surface area contributed by atoms with Gasteiger partial charge in [0.25, 0.3) is 0 Å². The van der Waals surface area contributed by atoms with Gasteiger partial charge in [0, 0.05) is 26.8 Å². The summed E-state index contributed by atoms with van der Waals surface area (Å²) in [5, 5.41) is 2.97. The summed E-state index contributed by atoms with van der Waals surface area (Å²) < 4.78 is 16.0. The fourth-order valence-corrected chi connectivity index (χ4v) is 1.42. The van der Waals surface area contributed by atoms with E-state index in [0.717, 1.165) is 19.4 Å². The fraction of sp³-hybridized carbons (Fsp3) is 0.692. The zero-order valence-corrected chi connectivity index (χ0v) is 11.9. The second-order valence-electron chi connectivity index (χ2n) is 4.01. The van der Waals surface area contributed by atoms with E-state index in [4.69, 9.17) is 14.2 Å². The predicted octanol–water partition coefficient (Wildman–Crippen LogP) is 1.86. The van der Waals surface area contributed by atoms with Crippen molar-refractivity contribution in [2.24, 2.45) is 0 Å². The molecule has 108 valence electrons. The lowest BCUT2D eigenvalue weighted by Gasteiger charge is -2.09. The number of hydrogen-bond donors (Lipinski definition) is 1. The average molecular weight is 269 g/mol. The molecule has 0 aromatic carbocycles. The van der Waals surface area contributed by atoms with Gasteiger partial charge in [-0.25, -0.2) is 4.98 Å². The standard InChI is InChI=1S/C13H23N3O3/c1-4-5-6-18-7-8-19-13-9-11(14-2)15-12(16-13)10-17-3/h9H,4-8,10H2,1-3H3,(H,14,15,16). The van der Waals surface area contributed by atoms with Crippen LogP contribution in [0.25, 0.3) is 0 Å². The first-order valence-electron chi connectivity index (χ1n) is 6.55. The number of ether oxygens (including phenoxy) is 3. The minimum atomic E-state index is 0.360. The molecule has 0 radical (unpaired) electrons. The van der Waals surface area contributed by atoms with E-state index >= 15 is 0 Å². The van der Waals surface area contributed by atoms with Gasteiger partial charge in [-0.05, 0) is 6.42 Å². The maximum absolute atomic E-state index is 5.54. The number of hydrogen-bond acceptors (Lipinski definition) is 6. The van der Waals surface area contributed by atoms with Crippen LogP contribution in [0.15, 0.2) is 6.07 Å². The Kier molecular flexibility index (Phi) is 7.84. The van der Waals surface area contributed by atoms with E-state index in [1.807, 2.05) is 0 Å². The highest BCUT2D eigenvalue weighted by atomic mass is 16.5. The molecule has 1 N–H and O–H groups in total. The van der Waals surface area contributed by atoms with Crippen molar-refractivity contribution in [3.8, 4) is 5.88 Å². The maximum atomic E-state index is 5.54. The summed E-state index contributed by atoms with van der Waals surface area (Å²) in [7, 11) is 3.41. The topological polar surface area (TPSA) is 65.5 Å². The third-order valence-electron chi connectivity index (χ3n) is 2.40. The van der Waals surface area contributed by atoms with Gasteiger partial charge in [0.1, 0.15) is 19.0 Å². The van der Waals surface area contributed by atoms with Crippen LogP contribution in [0.2, 0.25) is 0 Å². The van der Waals surface area contributed by atoms with Gasteiger partial charge < -0.3 is 19.5 Å². The molecule has 1 aromatic heterocycles. The smallest absolute Gasteiger partial charge is 0.218 e. The van der Waals surface area contributed by atoms with Crippen LogP contribution >= 0.6 is 0 Å². The molecule has 1 aromatic rings. The summed E-state index contributed by atoms with van der Waals surface area (Å²) in [6.07, 6.45) is 2.22. The van der Waals surface area contributed by atoms with Gasteiger partial charge in [0.15, 0.2) is 5.82 Å². The largest absolute Gasteiger partial charge is 0.475 e. The minimum absolute atomic E-state index is 0.360. The molecule has 0 unspecified atom stereocenters. The van der Waals surface area contributed by atoms with E-state index in [9.17, 15) is 0 Å². The van der Waals surface area contributed by atoms with Crippen molar-refractivity contribution < 1.29 is 14.2 Å². The maximum Gasteiger partial charge on any atom is 0.218 e. The number of unbranched alkanes of at least 4 members (excludes halogenated alkanes) is 1. The van der Waals surface area contributed by atoms with Crippen molar-refractivity contribution >= 4 is 5.82 Å². The van der Waals surface area contributed by atoms with Crippen LogP contribution in [0.4, 0.5) is 5.82 Å². The molecular formula is C13H23N3O3. The molecule has 0 aliphatic rings. The SMILES string of the molecule is CCCCOCCOc1cc(NC)nc(COC)n1. The minimum Gasteiger partial charge on any atom is -0.475 e. The van der Waals surface area contributed by atoms with Gasteiger partial charge in [-0.15, -0.1) is 0 Å². The second-order valence-corrected chi connectivity index (χ2v) is 4.01. The summed E-state index contributed by atoms with van der Waals surface area (Å²) in [6.45, 7) is 4.32. The van der Waals surface area contributed by atoms with Crippen LogP contribution in [0.1, 0.15) is 25.6 Å². The molecule has 19 heavy (non-hydrogen) atoms. The molecular weight excluding hydrogens is 246 g/mol. The normalized spacial score (nSPS) is 10.5. The molecule has 0 spiro atoms. The van der Waals surface area contributed by atoms with Crippen molar-refractivity contribution in [2.75, 3.05) is 39.3 Å². The van der Waals surface area contributed by atoms with E-state index in [1.165, 1.54) is 0 Å². The zero-order chi connectivity index (χ0) is 13.9.